The lowest BCUT2D eigenvalue weighted by Gasteiger charge is -2.43. The summed E-state index contributed by atoms with van der Waals surface area (Å²) in [7, 11) is 0. The molecular formula is C26H31N5O2. The summed E-state index contributed by atoms with van der Waals surface area (Å²) in [5.74, 6) is 0.146. The fourth-order valence-electron chi connectivity index (χ4n) is 5.43. The molecule has 3 heterocycles. The number of allylic oxidation sites excluding steroid dienone is 1. The van der Waals surface area contributed by atoms with Crippen LogP contribution in [0.15, 0.2) is 72.0 Å². The van der Waals surface area contributed by atoms with Gasteiger partial charge in [0.2, 0.25) is 5.91 Å². The predicted molar refractivity (Wildman–Crippen MR) is 131 cm³/mol. The standard InChI is InChI=1S/C26H31N5O2/c1-2-15-29-22-11-6-7-12-23(22)30(25(29)33)17-8-16-28-18-13-26(14-19-28)24(32)27-20-31(26)21-9-4-3-5-10-21/h2-7,9-12H,1,8,13-20H2,(H,27,32). The SMILES string of the molecule is C=CCn1c(=O)n(CCCN2CCC3(CC2)C(=O)NCN3c2ccccc2)c2ccccc21. The molecule has 0 aliphatic carbocycles. The van der Waals surface area contributed by atoms with E-state index < -0.39 is 5.54 Å². The predicted octanol–water partition coefficient (Wildman–Crippen LogP) is 2.81. The van der Waals surface area contributed by atoms with E-state index in [0.29, 0.717) is 19.8 Å². The second-order valence-corrected chi connectivity index (χ2v) is 8.98. The third kappa shape index (κ3) is 3.76. The highest BCUT2D eigenvalue weighted by molar-refractivity contribution is 5.93. The number of likely N-dealkylation sites (tertiary alicyclic amines) is 1. The highest BCUT2D eigenvalue weighted by Crippen LogP contribution is 2.36. The third-order valence-corrected chi connectivity index (χ3v) is 7.18. The van der Waals surface area contributed by atoms with Crippen molar-refractivity contribution in [3.8, 4) is 0 Å². The van der Waals surface area contributed by atoms with E-state index in [0.717, 1.165) is 55.6 Å². The van der Waals surface area contributed by atoms with E-state index >= 15 is 0 Å². The van der Waals surface area contributed by atoms with Crippen molar-refractivity contribution in [2.45, 2.75) is 37.9 Å². The summed E-state index contributed by atoms with van der Waals surface area (Å²) in [6.07, 6.45) is 4.28. The van der Waals surface area contributed by atoms with E-state index in [9.17, 15) is 9.59 Å². The summed E-state index contributed by atoms with van der Waals surface area (Å²) >= 11 is 0. The van der Waals surface area contributed by atoms with Crippen molar-refractivity contribution in [1.29, 1.82) is 0 Å². The number of para-hydroxylation sites is 3. The number of nitrogens with zero attached hydrogens (tertiary/aromatic N) is 4. The van der Waals surface area contributed by atoms with Crippen LogP contribution in [0.5, 0.6) is 0 Å². The summed E-state index contributed by atoms with van der Waals surface area (Å²) < 4.78 is 3.66. The summed E-state index contributed by atoms with van der Waals surface area (Å²) in [4.78, 5) is 30.5. The molecule has 2 aromatic carbocycles. The number of amides is 1. The monoisotopic (exact) mass is 445 g/mol. The number of hydrogen-bond acceptors (Lipinski definition) is 4. The molecule has 2 fully saturated rings. The number of aryl methyl sites for hydroxylation is 1. The maximum atomic E-state index is 13.0. The van der Waals surface area contributed by atoms with Crippen molar-refractivity contribution in [3.05, 3.63) is 77.7 Å². The lowest BCUT2D eigenvalue weighted by atomic mass is 9.85. The number of carbonyl (C=O) groups is 1. The zero-order chi connectivity index (χ0) is 22.8. The van der Waals surface area contributed by atoms with E-state index in [4.69, 9.17) is 0 Å². The maximum absolute atomic E-state index is 13.0. The van der Waals surface area contributed by atoms with Gasteiger partial charge in [-0.05, 0) is 50.1 Å². The Labute approximate surface area is 193 Å². The highest BCUT2D eigenvalue weighted by atomic mass is 16.2. The van der Waals surface area contributed by atoms with Crippen molar-refractivity contribution in [2.24, 2.45) is 0 Å². The Morgan fingerprint density at radius 2 is 1.58 bits per heavy atom. The minimum absolute atomic E-state index is 0.0230. The maximum Gasteiger partial charge on any atom is 0.329 e. The number of aromatic nitrogens is 2. The first-order valence-electron chi connectivity index (χ1n) is 11.8. The first-order chi connectivity index (χ1) is 16.1. The Bertz CT molecular complexity index is 1200. The zero-order valence-electron chi connectivity index (χ0n) is 18.9. The molecule has 1 aromatic heterocycles. The molecule has 2 saturated heterocycles. The Kier molecular flexibility index (Phi) is 5.81. The van der Waals surface area contributed by atoms with E-state index in [1.807, 2.05) is 47.0 Å². The number of anilines is 1. The Hall–Kier alpha value is -3.32. The second-order valence-electron chi connectivity index (χ2n) is 8.98. The molecule has 172 valence electrons. The van der Waals surface area contributed by atoms with Gasteiger partial charge in [-0.2, -0.15) is 0 Å². The number of benzene rings is 2. The minimum atomic E-state index is -0.451. The van der Waals surface area contributed by atoms with Crippen LogP contribution in [0.4, 0.5) is 5.69 Å². The summed E-state index contributed by atoms with van der Waals surface area (Å²) in [6.45, 7) is 8.23. The van der Waals surface area contributed by atoms with Crippen LogP contribution in [-0.4, -0.2) is 51.8 Å². The van der Waals surface area contributed by atoms with Gasteiger partial charge >= 0.3 is 5.69 Å². The number of rotatable bonds is 7. The van der Waals surface area contributed by atoms with Crippen molar-refractivity contribution >= 4 is 22.6 Å². The molecule has 1 spiro atoms. The first kappa shape index (κ1) is 21.5. The fourth-order valence-corrected chi connectivity index (χ4v) is 5.43. The smallest absolute Gasteiger partial charge is 0.329 e. The van der Waals surface area contributed by atoms with Crippen LogP contribution in [0.2, 0.25) is 0 Å². The average Bonchev–Trinajstić information content (AvgIpc) is 3.30. The molecule has 0 radical (unpaired) electrons. The zero-order valence-corrected chi connectivity index (χ0v) is 18.9. The van der Waals surface area contributed by atoms with Gasteiger partial charge in [-0.15, -0.1) is 6.58 Å². The van der Waals surface area contributed by atoms with Crippen molar-refractivity contribution in [2.75, 3.05) is 31.2 Å². The van der Waals surface area contributed by atoms with Crippen molar-refractivity contribution in [3.63, 3.8) is 0 Å². The van der Waals surface area contributed by atoms with Crippen LogP contribution in [0, 0.1) is 0 Å². The Balaban J connectivity index is 1.23. The highest BCUT2D eigenvalue weighted by Gasteiger charge is 2.50. The van der Waals surface area contributed by atoms with E-state index in [1.54, 1.807) is 10.6 Å². The van der Waals surface area contributed by atoms with Gasteiger partial charge in [-0.3, -0.25) is 13.9 Å². The summed E-state index contributed by atoms with van der Waals surface area (Å²) in [5, 5.41) is 3.07. The van der Waals surface area contributed by atoms with Crippen LogP contribution < -0.4 is 15.9 Å². The van der Waals surface area contributed by atoms with Crippen LogP contribution in [0.25, 0.3) is 11.0 Å². The number of piperidine rings is 1. The van der Waals surface area contributed by atoms with Gasteiger partial charge in [-0.25, -0.2) is 4.79 Å². The van der Waals surface area contributed by atoms with Gasteiger partial charge in [0.15, 0.2) is 0 Å². The van der Waals surface area contributed by atoms with Gasteiger partial charge in [0.05, 0.1) is 17.7 Å². The molecule has 2 aliphatic rings. The molecule has 33 heavy (non-hydrogen) atoms. The topological polar surface area (TPSA) is 62.5 Å². The van der Waals surface area contributed by atoms with Crippen LogP contribution >= 0.6 is 0 Å². The molecule has 1 amide bonds. The molecule has 7 heteroatoms. The largest absolute Gasteiger partial charge is 0.339 e. The minimum Gasteiger partial charge on any atom is -0.339 e. The second kappa shape index (κ2) is 8.90. The quantitative estimate of drug-likeness (QED) is 0.568. The van der Waals surface area contributed by atoms with Gasteiger partial charge in [0.25, 0.3) is 0 Å². The van der Waals surface area contributed by atoms with Gasteiger partial charge < -0.3 is 15.1 Å². The van der Waals surface area contributed by atoms with Crippen LogP contribution in [0.3, 0.4) is 0 Å². The lowest BCUT2D eigenvalue weighted by Crippen LogP contribution is -2.56. The number of fused-ring (bicyclic) bond motifs is 1. The average molecular weight is 446 g/mol. The molecule has 7 nitrogen and oxygen atoms in total. The lowest BCUT2D eigenvalue weighted by molar-refractivity contribution is -0.125. The molecule has 0 saturated carbocycles. The van der Waals surface area contributed by atoms with Crippen molar-refractivity contribution < 1.29 is 4.79 Å². The molecule has 0 atom stereocenters. The summed E-state index contributed by atoms with van der Waals surface area (Å²) in [5.41, 5.74) is 2.60. The number of imidazole rings is 1. The van der Waals surface area contributed by atoms with Crippen LogP contribution in [0.1, 0.15) is 19.3 Å². The van der Waals surface area contributed by atoms with Gasteiger partial charge in [0, 0.05) is 31.9 Å². The molecule has 3 aromatic rings. The molecular weight excluding hydrogens is 414 g/mol. The van der Waals surface area contributed by atoms with E-state index in [2.05, 4.69) is 33.8 Å². The summed E-state index contributed by atoms with van der Waals surface area (Å²) in [6, 6.07) is 18.2. The normalized spacial score (nSPS) is 18.2. The van der Waals surface area contributed by atoms with Gasteiger partial charge in [0.1, 0.15) is 5.54 Å². The molecule has 0 unspecified atom stereocenters. The molecule has 0 bridgehead atoms. The van der Waals surface area contributed by atoms with Crippen molar-refractivity contribution in [1.82, 2.24) is 19.4 Å². The molecule has 5 rings (SSSR count). The number of hydrogen-bond donors (Lipinski definition) is 1. The Morgan fingerprint density at radius 1 is 0.909 bits per heavy atom. The molecule has 2 aliphatic heterocycles. The number of carbonyl (C=O) groups excluding carboxylic acids is 1. The number of nitrogens with one attached hydrogen (secondary N) is 1. The van der Waals surface area contributed by atoms with Crippen LogP contribution in [-0.2, 0) is 17.9 Å². The fraction of sp³-hybridized carbons (Fsp3) is 0.385. The third-order valence-electron chi connectivity index (χ3n) is 7.18. The van der Waals surface area contributed by atoms with Gasteiger partial charge in [-0.1, -0.05) is 36.4 Å². The molecule has 1 N–H and O–H groups in total. The van der Waals surface area contributed by atoms with E-state index in [-0.39, 0.29) is 11.6 Å². The first-order valence-corrected chi connectivity index (χ1v) is 11.8. The van der Waals surface area contributed by atoms with E-state index in [1.165, 1.54) is 0 Å². The Morgan fingerprint density at radius 3 is 2.27 bits per heavy atom.